The van der Waals surface area contributed by atoms with Crippen LogP contribution in [0.1, 0.15) is 46.5 Å². The third-order valence-electron chi connectivity index (χ3n) is 7.40. The van der Waals surface area contributed by atoms with Crippen molar-refractivity contribution in [2.75, 3.05) is 6.61 Å². The molecule has 5 rings (SSSR count). The van der Waals surface area contributed by atoms with Crippen LogP contribution in [0.25, 0.3) is 33.5 Å². The first kappa shape index (κ1) is 31.6. The molecule has 0 spiro atoms. The van der Waals surface area contributed by atoms with E-state index in [9.17, 15) is 4.79 Å². The Morgan fingerprint density at radius 2 is 1.93 bits per heavy atom. The minimum atomic E-state index is -1.21. The minimum absolute atomic E-state index is 0.00854. The third-order valence-corrected chi connectivity index (χ3v) is 9.11. The number of fused-ring (bicyclic) bond motifs is 1. The number of hydrogen-bond acceptors (Lipinski definition) is 8. The van der Waals surface area contributed by atoms with E-state index in [0.717, 1.165) is 53.2 Å². The predicted octanol–water partition coefficient (Wildman–Crippen LogP) is 7.08. The Hall–Kier alpha value is -3.83. The van der Waals surface area contributed by atoms with Crippen molar-refractivity contribution in [3.63, 3.8) is 0 Å². The first-order valence-electron chi connectivity index (χ1n) is 15.4. The van der Waals surface area contributed by atoms with E-state index in [0.29, 0.717) is 31.3 Å². The molecule has 0 aromatic carbocycles. The van der Waals surface area contributed by atoms with E-state index in [4.69, 9.17) is 29.3 Å². The van der Waals surface area contributed by atoms with Crippen LogP contribution in [0.4, 0.5) is 4.79 Å². The topological polar surface area (TPSA) is 113 Å². The maximum Gasteiger partial charge on any atom is 0.407 e. The van der Waals surface area contributed by atoms with Crippen molar-refractivity contribution in [2.24, 2.45) is 0 Å². The molecule has 4 aromatic rings. The first-order chi connectivity index (χ1) is 20.9. The molecule has 234 valence electrons. The van der Waals surface area contributed by atoms with Gasteiger partial charge in [-0.1, -0.05) is 25.7 Å². The molecule has 1 amide bonds. The zero-order valence-corrected chi connectivity index (χ0v) is 27.7. The number of nitrogens with zero attached hydrogens (tertiary/aromatic N) is 5. The summed E-state index contributed by atoms with van der Waals surface area (Å²) < 4.78 is 19.8. The summed E-state index contributed by atoms with van der Waals surface area (Å²) in [6.07, 6.45) is 8.36. The average molecular weight is 617 g/mol. The third kappa shape index (κ3) is 8.63. The maximum atomic E-state index is 12.3. The maximum absolute atomic E-state index is 12.3. The molecule has 4 aromatic heterocycles. The summed E-state index contributed by atoms with van der Waals surface area (Å²) in [4.78, 5) is 26.2. The van der Waals surface area contributed by atoms with Crippen molar-refractivity contribution in [1.82, 2.24) is 30.0 Å². The van der Waals surface area contributed by atoms with Gasteiger partial charge >= 0.3 is 6.09 Å². The Morgan fingerprint density at radius 3 is 2.68 bits per heavy atom. The summed E-state index contributed by atoms with van der Waals surface area (Å²) in [6, 6.07) is 12.8. The Balaban J connectivity index is 1.37. The van der Waals surface area contributed by atoms with Crippen molar-refractivity contribution in [3.05, 3.63) is 55.0 Å². The summed E-state index contributed by atoms with van der Waals surface area (Å²) in [7, 11) is -1.21. The summed E-state index contributed by atoms with van der Waals surface area (Å²) in [5.41, 5.74) is 3.51. The van der Waals surface area contributed by atoms with E-state index in [-0.39, 0.29) is 12.1 Å². The molecular formula is C33H44N6O4Si. The van der Waals surface area contributed by atoms with Gasteiger partial charge < -0.3 is 19.5 Å². The van der Waals surface area contributed by atoms with Gasteiger partial charge in [-0.3, -0.25) is 9.97 Å². The highest BCUT2D eigenvalue weighted by Crippen LogP contribution is 2.31. The van der Waals surface area contributed by atoms with Crippen LogP contribution in [0.5, 0.6) is 5.88 Å². The normalized spacial score (nSPS) is 17.4. The van der Waals surface area contributed by atoms with Crippen molar-refractivity contribution in [1.29, 1.82) is 0 Å². The molecule has 0 saturated heterocycles. The molecule has 1 saturated carbocycles. The molecule has 0 bridgehead atoms. The Labute approximate surface area is 260 Å². The Morgan fingerprint density at radius 1 is 1.09 bits per heavy atom. The first-order valence-corrected chi connectivity index (χ1v) is 19.1. The van der Waals surface area contributed by atoms with Crippen LogP contribution >= 0.6 is 0 Å². The monoisotopic (exact) mass is 616 g/mol. The molecule has 1 fully saturated rings. The van der Waals surface area contributed by atoms with E-state index < -0.39 is 19.8 Å². The van der Waals surface area contributed by atoms with Crippen LogP contribution in [0.2, 0.25) is 25.7 Å². The van der Waals surface area contributed by atoms with Crippen LogP contribution < -0.4 is 10.1 Å². The average Bonchev–Trinajstić information content (AvgIpc) is 3.32. The number of pyridine rings is 3. The minimum Gasteiger partial charge on any atom is -0.474 e. The molecule has 11 heteroatoms. The van der Waals surface area contributed by atoms with Gasteiger partial charge in [0.25, 0.3) is 0 Å². The molecule has 2 unspecified atom stereocenters. The zero-order chi connectivity index (χ0) is 31.3. The lowest BCUT2D eigenvalue weighted by Crippen LogP contribution is -2.43. The van der Waals surface area contributed by atoms with Gasteiger partial charge in [0.15, 0.2) is 0 Å². The number of hydrogen-bond donors (Lipinski definition) is 1. The number of carbonyl (C=O) groups is 1. The lowest BCUT2D eigenvalue weighted by molar-refractivity contribution is 0.0461. The van der Waals surface area contributed by atoms with Gasteiger partial charge in [-0.15, -0.1) is 0 Å². The molecule has 44 heavy (non-hydrogen) atoms. The van der Waals surface area contributed by atoms with E-state index in [1.165, 1.54) is 0 Å². The molecule has 0 radical (unpaired) electrons. The van der Waals surface area contributed by atoms with Gasteiger partial charge in [0.2, 0.25) is 5.88 Å². The second-order valence-corrected chi connectivity index (χ2v) is 19.3. The van der Waals surface area contributed by atoms with E-state index in [2.05, 4.69) is 29.9 Å². The van der Waals surface area contributed by atoms with E-state index in [1.807, 2.05) is 68.0 Å². The van der Waals surface area contributed by atoms with Crippen LogP contribution in [-0.2, 0) is 16.2 Å². The van der Waals surface area contributed by atoms with Gasteiger partial charge in [0.1, 0.15) is 24.1 Å². The fourth-order valence-corrected chi connectivity index (χ4v) is 5.96. The van der Waals surface area contributed by atoms with Crippen molar-refractivity contribution >= 4 is 25.1 Å². The van der Waals surface area contributed by atoms with Crippen LogP contribution in [0.3, 0.4) is 0 Å². The fourth-order valence-electron chi connectivity index (χ4n) is 5.20. The second kappa shape index (κ2) is 13.4. The number of aromatic nitrogens is 5. The van der Waals surface area contributed by atoms with Gasteiger partial charge in [-0.2, -0.15) is 5.10 Å². The summed E-state index contributed by atoms with van der Waals surface area (Å²) >= 11 is 0. The van der Waals surface area contributed by atoms with Gasteiger partial charge in [0.05, 0.1) is 23.1 Å². The smallest absolute Gasteiger partial charge is 0.407 e. The Bertz CT molecular complexity index is 1560. The SMILES string of the molecule is CC(C)(C)OC(=O)NC1CCCC(Oc2cccc(-c3nn(COCC[Si](C)(C)C)c4cnc(-c5cccnc5)cc34)n2)C1. The number of ether oxygens (including phenoxy) is 3. The zero-order valence-electron chi connectivity index (χ0n) is 26.7. The fraction of sp³-hybridized carbons (Fsp3) is 0.485. The number of alkyl carbamates (subject to hydrolysis) is 1. The summed E-state index contributed by atoms with van der Waals surface area (Å²) in [5.74, 6) is 0.529. The number of amides is 1. The molecule has 4 heterocycles. The summed E-state index contributed by atoms with van der Waals surface area (Å²) in [6.45, 7) is 13.6. The number of carbonyl (C=O) groups excluding carboxylic acids is 1. The van der Waals surface area contributed by atoms with Gasteiger partial charge in [-0.25, -0.2) is 14.5 Å². The summed E-state index contributed by atoms with van der Waals surface area (Å²) in [5, 5.41) is 8.89. The highest BCUT2D eigenvalue weighted by atomic mass is 28.3. The quantitative estimate of drug-likeness (QED) is 0.149. The predicted molar refractivity (Wildman–Crippen MR) is 174 cm³/mol. The molecule has 0 aliphatic heterocycles. The van der Waals surface area contributed by atoms with Gasteiger partial charge in [0, 0.05) is 56.6 Å². The van der Waals surface area contributed by atoms with Gasteiger partial charge in [-0.05, 0) is 70.3 Å². The van der Waals surface area contributed by atoms with E-state index in [1.54, 1.807) is 12.4 Å². The molecule has 10 nitrogen and oxygen atoms in total. The molecular weight excluding hydrogens is 572 g/mol. The van der Waals surface area contributed by atoms with Crippen molar-refractivity contribution in [2.45, 2.75) is 96.6 Å². The molecule has 1 aliphatic carbocycles. The lowest BCUT2D eigenvalue weighted by Gasteiger charge is -2.30. The standard InChI is InChI=1S/C33H44N6O4Si/c1-33(2,3)43-32(40)36-24-11-7-12-25(18-24)42-30-14-8-13-27(37-30)31-26-19-28(23-10-9-15-34-20-23)35-21-29(26)39(38-31)22-41-16-17-44(4,5)6/h8-10,13-15,19-21,24-25H,7,11-12,16-18,22H2,1-6H3,(H,36,40). The Kier molecular flexibility index (Phi) is 9.64. The lowest BCUT2D eigenvalue weighted by atomic mass is 9.93. The largest absolute Gasteiger partial charge is 0.474 e. The van der Waals surface area contributed by atoms with Crippen LogP contribution in [-0.4, -0.2) is 63.3 Å². The molecule has 1 aliphatic rings. The van der Waals surface area contributed by atoms with Crippen LogP contribution in [0.15, 0.2) is 55.0 Å². The second-order valence-electron chi connectivity index (χ2n) is 13.6. The highest BCUT2D eigenvalue weighted by Gasteiger charge is 2.27. The number of rotatable bonds is 10. The van der Waals surface area contributed by atoms with E-state index >= 15 is 0 Å². The molecule has 1 N–H and O–H groups in total. The van der Waals surface area contributed by atoms with Crippen molar-refractivity contribution < 1.29 is 19.0 Å². The van der Waals surface area contributed by atoms with Crippen molar-refractivity contribution in [3.8, 4) is 28.5 Å². The molecule has 2 atom stereocenters. The van der Waals surface area contributed by atoms with Crippen LogP contribution in [0, 0.1) is 0 Å². The highest BCUT2D eigenvalue weighted by molar-refractivity contribution is 6.76. The number of nitrogens with one attached hydrogen (secondary N) is 1.